The fraction of sp³-hybridized carbons (Fsp3) is 0.857. The van der Waals surface area contributed by atoms with Crippen molar-refractivity contribution in [1.29, 1.82) is 0 Å². The minimum absolute atomic E-state index is 0.192. The van der Waals surface area contributed by atoms with Crippen LogP contribution in [0.3, 0.4) is 0 Å². The van der Waals surface area contributed by atoms with Gasteiger partial charge in [0.15, 0.2) is 5.78 Å². The molecule has 0 aromatic heterocycles. The summed E-state index contributed by atoms with van der Waals surface area (Å²) in [6.07, 6.45) is 11.3. The molecule has 3 heteroatoms. The maximum Gasteiger partial charge on any atom is 0.155 e. The third-order valence-corrected chi connectivity index (χ3v) is 8.90. The van der Waals surface area contributed by atoms with Crippen molar-refractivity contribution in [3.05, 3.63) is 11.6 Å². The van der Waals surface area contributed by atoms with Crippen molar-refractivity contribution in [1.82, 2.24) is 0 Å². The van der Waals surface area contributed by atoms with Crippen LogP contribution in [0.15, 0.2) is 11.6 Å². The van der Waals surface area contributed by atoms with Crippen LogP contribution >= 0.6 is 0 Å². The molecule has 0 spiro atoms. The van der Waals surface area contributed by atoms with E-state index >= 15 is 0 Å². The summed E-state index contributed by atoms with van der Waals surface area (Å²) in [5.41, 5.74) is 1.98. The lowest BCUT2D eigenvalue weighted by Gasteiger charge is -2.57. The monoisotopic (exact) mass is 330 g/mol. The highest BCUT2D eigenvalue weighted by molar-refractivity contribution is 5.92. The minimum Gasteiger partial charge on any atom is -0.396 e. The van der Waals surface area contributed by atoms with Gasteiger partial charge >= 0.3 is 0 Å². The van der Waals surface area contributed by atoms with E-state index in [0.717, 1.165) is 50.0 Å². The van der Waals surface area contributed by atoms with Gasteiger partial charge in [0.2, 0.25) is 0 Å². The molecule has 3 saturated carbocycles. The van der Waals surface area contributed by atoms with Crippen LogP contribution < -0.4 is 0 Å². The van der Waals surface area contributed by atoms with E-state index in [1.165, 1.54) is 31.3 Å². The van der Waals surface area contributed by atoms with Crippen molar-refractivity contribution < 1.29 is 14.6 Å². The van der Waals surface area contributed by atoms with E-state index in [0.29, 0.717) is 23.7 Å². The van der Waals surface area contributed by atoms with E-state index in [2.05, 4.69) is 6.92 Å². The lowest BCUT2D eigenvalue weighted by Crippen LogP contribution is -2.52. The molecule has 1 unspecified atom stereocenters. The Morgan fingerprint density at radius 2 is 2.12 bits per heavy atom. The number of hydrogen-bond donors (Lipinski definition) is 1. The maximum absolute atomic E-state index is 12.0. The molecule has 7 atom stereocenters. The topological polar surface area (TPSA) is 46.5 Å². The molecule has 3 nitrogen and oxygen atoms in total. The van der Waals surface area contributed by atoms with Gasteiger partial charge in [-0.05, 0) is 85.7 Å². The standard InChI is InChI=1S/C21H30O3/c1-20-7-5-17-15(16(20)3-2-13(20)6-9-22)11-19-18-10-14(23)4-8-21(17,18)12-24-19/h10,13,15-17,19,22H,2-9,11-12H2,1H3/t13-,15+,16+,17+,19?,20-,21+/m1/s1. The Hall–Kier alpha value is -0.670. The van der Waals surface area contributed by atoms with Crippen molar-refractivity contribution in [2.75, 3.05) is 13.2 Å². The lowest BCUT2D eigenvalue weighted by molar-refractivity contribution is -0.117. The Bertz CT molecular complexity index is 596. The Kier molecular flexibility index (Phi) is 3.35. The summed E-state index contributed by atoms with van der Waals surface area (Å²) in [5, 5.41) is 9.48. The second-order valence-corrected chi connectivity index (χ2v) is 9.47. The number of rotatable bonds is 2. The molecule has 5 aliphatic rings. The quantitative estimate of drug-likeness (QED) is 0.843. The summed E-state index contributed by atoms with van der Waals surface area (Å²) in [6.45, 7) is 3.71. The van der Waals surface area contributed by atoms with Gasteiger partial charge in [0.1, 0.15) is 0 Å². The van der Waals surface area contributed by atoms with E-state index in [1.807, 2.05) is 6.08 Å². The first-order chi connectivity index (χ1) is 11.6. The predicted octanol–water partition coefficient (Wildman–Crippen LogP) is 3.51. The number of carbonyl (C=O) groups is 1. The van der Waals surface area contributed by atoms with Crippen LogP contribution in [0.4, 0.5) is 0 Å². The second-order valence-electron chi connectivity index (χ2n) is 9.47. The number of ether oxygens (including phenoxy) is 1. The highest BCUT2D eigenvalue weighted by atomic mass is 16.5. The first-order valence-corrected chi connectivity index (χ1v) is 10.1. The van der Waals surface area contributed by atoms with Crippen molar-refractivity contribution in [3.63, 3.8) is 0 Å². The normalized spacial score (nSPS) is 52.5. The molecule has 0 radical (unpaired) electrons. The van der Waals surface area contributed by atoms with Crippen LogP contribution in [0.25, 0.3) is 0 Å². The van der Waals surface area contributed by atoms with Crippen LogP contribution in [0.5, 0.6) is 0 Å². The van der Waals surface area contributed by atoms with E-state index in [4.69, 9.17) is 4.74 Å². The molecule has 1 heterocycles. The summed E-state index contributed by atoms with van der Waals surface area (Å²) in [7, 11) is 0. The van der Waals surface area contributed by atoms with Gasteiger partial charge in [0, 0.05) is 18.4 Å². The summed E-state index contributed by atoms with van der Waals surface area (Å²) in [6, 6.07) is 0. The summed E-state index contributed by atoms with van der Waals surface area (Å²) in [4.78, 5) is 12.0. The van der Waals surface area contributed by atoms with Crippen molar-refractivity contribution in [2.24, 2.45) is 34.5 Å². The molecule has 1 N–H and O–H groups in total. The molecule has 4 fully saturated rings. The van der Waals surface area contributed by atoms with Crippen LogP contribution in [-0.2, 0) is 9.53 Å². The Balaban J connectivity index is 1.50. The Labute approximate surface area is 144 Å². The van der Waals surface area contributed by atoms with E-state index < -0.39 is 0 Å². The van der Waals surface area contributed by atoms with Crippen LogP contribution in [0.2, 0.25) is 0 Å². The first-order valence-electron chi connectivity index (χ1n) is 10.1. The van der Waals surface area contributed by atoms with E-state index in [1.54, 1.807) is 0 Å². The fourth-order valence-corrected chi connectivity index (χ4v) is 7.78. The summed E-state index contributed by atoms with van der Waals surface area (Å²) >= 11 is 0. The second kappa shape index (κ2) is 5.17. The highest BCUT2D eigenvalue weighted by Gasteiger charge is 2.64. The highest BCUT2D eigenvalue weighted by Crippen LogP contribution is 2.69. The van der Waals surface area contributed by atoms with Gasteiger partial charge in [-0.1, -0.05) is 6.92 Å². The molecule has 1 saturated heterocycles. The van der Waals surface area contributed by atoms with E-state index in [9.17, 15) is 9.90 Å². The van der Waals surface area contributed by atoms with Crippen molar-refractivity contribution in [2.45, 2.75) is 64.4 Å². The molecular formula is C21H30O3. The number of fused-ring (bicyclic) bond motifs is 3. The first kappa shape index (κ1) is 15.6. The zero-order valence-corrected chi connectivity index (χ0v) is 14.8. The smallest absolute Gasteiger partial charge is 0.155 e. The molecule has 0 aromatic rings. The molecule has 132 valence electrons. The zero-order valence-electron chi connectivity index (χ0n) is 14.8. The molecule has 5 rings (SSSR count). The summed E-state index contributed by atoms with van der Waals surface area (Å²) in [5.74, 6) is 3.31. The van der Waals surface area contributed by atoms with Crippen molar-refractivity contribution >= 4 is 5.78 Å². The molecule has 0 amide bonds. The van der Waals surface area contributed by atoms with Gasteiger partial charge in [0.05, 0.1) is 12.7 Å². The van der Waals surface area contributed by atoms with Crippen molar-refractivity contribution in [3.8, 4) is 0 Å². The molecule has 0 aromatic carbocycles. The molecular weight excluding hydrogens is 300 g/mol. The number of ketones is 1. The predicted molar refractivity (Wildman–Crippen MR) is 91.4 cm³/mol. The van der Waals surface area contributed by atoms with Gasteiger partial charge < -0.3 is 9.84 Å². The minimum atomic E-state index is 0.192. The van der Waals surface area contributed by atoms with Gasteiger partial charge in [-0.2, -0.15) is 0 Å². The van der Waals surface area contributed by atoms with Crippen LogP contribution in [-0.4, -0.2) is 30.2 Å². The maximum atomic E-state index is 12.0. The number of carbonyl (C=O) groups excluding carboxylic acids is 1. The summed E-state index contributed by atoms with van der Waals surface area (Å²) < 4.78 is 6.25. The van der Waals surface area contributed by atoms with Crippen LogP contribution in [0.1, 0.15) is 58.3 Å². The molecule has 24 heavy (non-hydrogen) atoms. The van der Waals surface area contributed by atoms with Gasteiger partial charge in [-0.25, -0.2) is 0 Å². The molecule has 4 aliphatic carbocycles. The Morgan fingerprint density at radius 3 is 2.96 bits per heavy atom. The number of hydrogen-bond acceptors (Lipinski definition) is 3. The van der Waals surface area contributed by atoms with Gasteiger partial charge in [-0.15, -0.1) is 0 Å². The molecule has 2 bridgehead atoms. The van der Waals surface area contributed by atoms with Gasteiger partial charge in [-0.3, -0.25) is 4.79 Å². The third-order valence-electron chi connectivity index (χ3n) is 8.90. The van der Waals surface area contributed by atoms with E-state index in [-0.39, 0.29) is 11.5 Å². The number of aliphatic hydroxyl groups excluding tert-OH is 1. The SMILES string of the molecule is C[C@]12CC[C@H]3[C@@H](CC4OC[C@@]35CCC(=O)C=C45)[C@@H]1CC[C@@H]2CCO. The zero-order chi connectivity index (χ0) is 16.5. The average molecular weight is 330 g/mol. The lowest BCUT2D eigenvalue weighted by atomic mass is 9.47. The number of aliphatic hydroxyl groups is 1. The Morgan fingerprint density at radius 1 is 1.25 bits per heavy atom. The van der Waals surface area contributed by atoms with Crippen LogP contribution in [0, 0.1) is 34.5 Å². The third kappa shape index (κ3) is 1.83. The average Bonchev–Trinajstić information content (AvgIpc) is 3.03. The van der Waals surface area contributed by atoms with Gasteiger partial charge in [0.25, 0.3) is 0 Å². The molecule has 1 aliphatic heterocycles. The fourth-order valence-electron chi connectivity index (χ4n) is 7.78. The largest absolute Gasteiger partial charge is 0.396 e.